The van der Waals surface area contributed by atoms with Gasteiger partial charge in [0.15, 0.2) is 0 Å². The quantitative estimate of drug-likeness (QED) is 0.599. The Balaban J connectivity index is 3.13. The van der Waals surface area contributed by atoms with E-state index in [1.54, 1.807) is 0 Å². The Morgan fingerprint density at radius 1 is 1.19 bits per heavy atom. The van der Waals surface area contributed by atoms with Crippen LogP contribution in [0.25, 0.3) is 10.8 Å². The molecule has 0 fully saturated rings. The molecule has 0 saturated carbocycles. The Morgan fingerprint density at radius 2 is 1.81 bits per heavy atom. The van der Waals surface area contributed by atoms with Gasteiger partial charge in [0.1, 0.15) is 5.39 Å². The highest BCUT2D eigenvalue weighted by Crippen LogP contribution is 2.25. The summed E-state index contributed by atoms with van der Waals surface area (Å²) >= 11 is 3.04. The summed E-state index contributed by atoms with van der Waals surface area (Å²) in [5.74, 6) is 0. The van der Waals surface area contributed by atoms with Crippen LogP contribution in [-0.2, 0) is 0 Å². The number of nitrogens with one attached hydrogen (secondary N) is 2. The first-order valence-electron chi connectivity index (χ1n) is 4.09. The Labute approximate surface area is 95.4 Å². The molecule has 0 aliphatic rings. The summed E-state index contributed by atoms with van der Waals surface area (Å²) in [6, 6.07) is 2.54. The summed E-state index contributed by atoms with van der Waals surface area (Å²) in [7, 11) is 0. The molecule has 0 saturated heterocycles. The van der Waals surface area contributed by atoms with Crippen LogP contribution in [0.1, 0.15) is 0 Å². The van der Waals surface area contributed by atoms with Crippen molar-refractivity contribution >= 4 is 32.4 Å². The van der Waals surface area contributed by atoms with E-state index in [4.69, 9.17) is 0 Å². The predicted octanol–water partition coefficient (Wildman–Crippen LogP) is 0.887. The van der Waals surface area contributed by atoms with Gasteiger partial charge < -0.3 is 0 Å². The van der Waals surface area contributed by atoms with Crippen molar-refractivity contribution in [3.05, 3.63) is 47.4 Å². The number of hydrogen-bond donors (Lipinski definition) is 2. The number of nitro benzene ring substituents is 1. The van der Waals surface area contributed by atoms with Gasteiger partial charge in [-0.15, -0.1) is 0 Å². The molecule has 0 unspecified atom stereocenters. The first-order chi connectivity index (χ1) is 7.50. The molecule has 7 nitrogen and oxygen atoms in total. The third-order valence-corrected chi connectivity index (χ3v) is 2.50. The number of hydrogen-bond acceptors (Lipinski definition) is 4. The zero-order valence-corrected chi connectivity index (χ0v) is 9.20. The van der Waals surface area contributed by atoms with Crippen molar-refractivity contribution in [3.63, 3.8) is 0 Å². The first-order valence-corrected chi connectivity index (χ1v) is 4.88. The van der Waals surface area contributed by atoms with E-state index < -0.39 is 21.7 Å². The zero-order chi connectivity index (χ0) is 11.9. The third kappa shape index (κ3) is 1.52. The van der Waals surface area contributed by atoms with Gasteiger partial charge in [-0.2, -0.15) is 0 Å². The van der Waals surface area contributed by atoms with Crippen LogP contribution in [0, 0.1) is 10.1 Å². The van der Waals surface area contributed by atoms with E-state index in [1.165, 1.54) is 12.1 Å². The molecule has 1 heterocycles. The minimum absolute atomic E-state index is 0.0233. The number of non-ortho nitro benzene ring substituents is 1. The Kier molecular flexibility index (Phi) is 2.35. The van der Waals surface area contributed by atoms with Gasteiger partial charge in [0, 0.05) is 10.5 Å². The molecule has 2 N–H and O–H groups in total. The Bertz CT molecular complexity index is 702. The van der Waals surface area contributed by atoms with Gasteiger partial charge in [0.25, 0.3) is 16.8 Å². The molecule has 0 aliphatic carbocycles. The molecular weight excluding hydrogens is 282 g/mol. The molecule has 2 aromatic rings. The van der Waals surface area contributed by atoms with Gasteiger partial charge in [-0.3, -0.25) is 29.9 Å². The summed E-state index contributed by atoms with van der Waals surface area (Å²) in [6.45, 7) is 0. The SMILES string of the molecule is O=c1[nH][nH]c(=O)c2c([N+](=O)[O-])cc(Br)cc12. The minimum atomic E-state index is -0.707. The van der Waals surface area contributed by atoms with Gasteiger partial charge in [-0.05, 0) is 6.07 Å². The number of aromatic amines is 2. The first kappa shape index (κ1) is 10.6. The number of halogens is 1. The number of benzene rings is 1. The second-order valence-corrected chi connectivity index (χ2v) is 3.93. The molecule has 8 heteroatoms. The second kappa shape index (κ2) is 3.56. The predicted molar refractivity (Wildman–Crippen MR) is 59.5 cm³/mol. The summed E-state index contributed by atoms with van der Waals surface area (Å²) in [5.41, 5.74) is -1.69. The fourth-order valence-electron chi connectivity index (χ4n) is 1.40. The lowest BCUT2D eigenvalue weighted by Gasteiger charge is -1.98. The molecule has 0 bridgehead atoms. The van der Waals surface area contributed by atoms with Gasteiger partial charge >= 0.3 is 0 Å². The third-order valence-electron chi connectivity index (χ3n) is 2.04. The lowest BCUT2D eigenvalue weighted by molar-refractivity contribution is -0.383. The molecule has 0 spiro atoms. The van der Waals surface area contributed by atoms with Crippen molar-refractivity contribution in [1.82, 2.24) is 10.2 Å². The van der Waals surface area contributed by atoms with Crippen LogP contribution in [0.5, 0.6) is 0 Å². The second-order valence-electron chi connectivity index (χ2n) is 3.01. The lowest BCUT2D eigenvalue weighted by atomic mass is 10.1. The van der Waals surface area contributed by atoms with Crippen molar-refractivity contribution < 1.29 is 4.92 Å². The Morgan fingerprint density at radius 3 is 2.44 bits per heavy atom. The Hall–Kier alpha value is -1.96. The largest absolute Gasteiger partial charge is 0.284 e. The summed E-state index contributed by atoms with van der Waals surface area (Å²) < 4.78 is 0.364. The van der Waals surface area contributed by atoms with Crippen molar-refractivity contribution in [1.29, 1.82) is 0 Å². The molecular formula is C8H4BrN3O4. The summed E-state index contributed by atoms with van der Waals surface area (Å²) in [4.78, 5) is 32.9. The maximum Gasteiger partial charge on any atom is 0.284 e. The van der Waals surface area contributed by atoms with E-state index in [0.29, 0.717) is 4.47 Å². The van der Waals surface area contributed by atoms with Gasteiger partial charge in [0.2, 0.25) is 0 Å². The monoisotopic (exact) mass is 285 g/mol. The standard InChI is InChI=1S/C8H4BrN3O4/c9-3-1-4-6(5(2-3)12(15)16)8(14)11-10-7(4)13/h1-2H,(H,10,13)(H,11,14). The lowest BCUT2D eigenvalue weighted by Crippen LogP contribution is -2.19. The van der Waals surface area contributed by atoms with Crippen LogP contribution in [0.15, 0.2) is 26.2 Å². The number of rotatable bonds is 1. The number of nitrogens with zero attached hydrogens (tertiary/aromatic N) is 1. The smallest absolute Gasteiger partial charge is 0.267 e. The zero-order valence-electron chi connectivity index (χ0n) is 7.61. The van der Waals surface area contributed by atoms with Crippen LogP contribution in [-0.4, -0.2) is 15.1 Å². The number of fused-ring (bicyclic) bond motifs is 1. The van der Waals surface area contributed by atoms with Crippen molar-refractivity contribution in [2.24, 2.45) is 0 Å². The molecule has 2 rings (SSSR count). The molecule has 82 valence electrons. The number of H-pyrrole nitrogens is 2. The molecule has 1 aromatic carbocycles. The van der Waals surface area contributed by atoms with Crippen LogP contribution < -0.4 is 11.1 Å². The molecule has 1 aromatic heterocycles. The molecule has 0 aliphatic heterocycles. The highest BCUT2D eigenvalue weighted by Gasteiger charge is 2.18. The van der Waals surface area contributed by atoms with Crippen molar-refractivity contribution in [2.45, 2.75) is 0 Å². The van der Waals surface area contributed by atoms with E-state index in [2.05, 4.69) is 21.0 Å². The molecule has 0 amide bonds. The fourth-order valence-corrected chi connectivity index (χ4v) is 1.84. The van der Waals surface area contributed by atoms with Crippen molar-refractivity contribution in [2.75, 3.05) is 0 Å². The highest BCUT2D eigenvalue weighted by molar-refractivity contribution is 9.10. The molecule has 0 radical (unpaired) electrons. The van der Waals surface area contributed by atoms with Crippen LogP contribution >= 0.6 is 15.9 Å². The molecule has 0 atom stereocenters. The van der Waals surface area contributed by atoms with E-state index in [9.17, 15) is 19.7 Å². The van der Waals surface area contributed by atoms with E-state index >= 15 is 0 Å². The van der Waals surface area contributed by atoms with Gasteiger partial charge in [-0.1, -0.05) is 15.9 Å². The number of nitro groups is 1. The normalized spacial score (nSPS) is 10.6. The van der Waals surface area contributed by atoms with E-state index in [-0.39, 0.29) is 10.8 Å². The molecule has 16 heavy (non-hydrogen) atoms. The topological polar surface area (TPSA) is 109 Å². The number of aromatic nitrogens is 2. The summed E-state index contributed by atoms with van der Waals surface area (Å²) in [6.07, 6.45) is 0. The average molecular weight is 286 g/mol. The average Bonchev–Trinajstić information content (AvgIpc) is 2.22. The fraction of sp³-hybridized carbons (Fsp3) is 0. The van der Waals surface area contributed by atoms with Crippen LogP contribution in [0.4, 0.5) is 5.69 Å². The highest BCUT2D eigenvalue weighted by atomic mass is 79.9. The van der Waals surface area contributed by atoms with E-state index in [0.717, 1.165) is 0 Å². The van der Waals surface area contributed by atoms with Gasteiger partial charge in [-0.25, -0.2) is 0 Å². The van der Waals surface area contributed by atoms with Crippen LogP contribution in [0.3, 0.4) is 0 Å². The van der Waals surface area contributed by atoms with Gasteiger partial charge in [0.05, 0.1) is 10.3 Å². The minimum Gasteiger partial charge on any atom is -0.267 e. The van der Waals surface area contributed by atoms with Crippen LogP contribution in [0.2, 0.25) is 0 Å². The van der Waals surface area contributed by atoms with Crippen molar-refractivity contribution in [3.8, 4) is 0 Å². The maximum absolute atomic E-state index is 11.4. The maximum atomic E-state index is 11.4. The van der Waals surface area contributed by atoms with E-state index in [1.807, 2.05) is 5.10 Å². The summed E-state index contributed by atoms with van der Waals surface area (Å²) in [5, 5.41) is 14.6.